The molecule has 2 aromatic rings. The van der Waals surface area contributed by atoms with Crippen LogP contribution in [-0.2, 0) is 31.6 Å². The molecule has 0 aromatic heterocycles. The zero-order valence-corrected chi connectivity index (χ0v) is 26.9. The molecule has 6 rings (SSSR count). The molecule has 228 valence electrons. The van der Waals surface area contributed by atoms with Crippen LogP contribution in [0.25, 0.3) is 0 Å². The Hall–Kier alpha value is -2.29. The summed E-state index contributed by atoms with van der Waals surface area (Å²) in [6, 6.07) is 11.9. The Bertz CT molecular complexity index is 1370. The molecule has 4 aliphatic rings. The van der Waals surface area contributed by atoms with Gasteiger partial charge in [0.2, 0.25) is 21.8 Å². The number of amides is 2. The highest BCUT2D eigenvalue weighted by molar-refractivity contribution is 7.92. The van der Waals surface area contributed by atoms with Crippen LogP contribution in [0.1, 0.15) is 69.9 Å². The lowest BCUT2D eigenvalue weighted by atomic mass is 9.48. The van der Waals surface area contributed by atoms with Crippen molar-refractivity contribution in [3.8, 4) is 0 Å². The molecule has 1 unspecified atom stereocenters. The summed E-state index contributed by atoms with van der Waals surface area (Å²) in [6.45, 7) is 3.53. The molecular formula is C32H41Cl2N3O4S. The Balaban J connectivity index is 1.40. The van der Waals surface area contributed by atoms with Crippen LogP contribution in [-0.4, -0.2) is 50.5 Å². The van der Waals surface area contributed by atoms with Gasteiger partial charge in [-0.2, -0.15) is 0 Å². The smallest absolute Gasteiger partial charge is 0.244 e. The van der Waals surface area contributed by atoms with Gasteiger partial charge in [0.05, 0.1) is 11.9 Å². The summed E-state index contributed by atoms with van der Waals surface area (Å²) in [7, 11) is -3.82. The Morgan fingerprint density at radius 3 is 2.02 bits per heavy atom. The number of hydrogen-bond donors (Lipinski definition) is 1. The molecule has 1 N–H and O–H groups in total. The van der Waals surface area contributed by atoms with Crippen LogP contribution < -0.4 is 9.62 Å². The Morgan fingerprint density at radius 2 is 1.52 bits per heavy atom. The molecule has 0 radical (unpaired) electrons. The van der Waals surface area contributed by atoms with Gasteiger partial charge in [-0.1, -0.05) is 48.3 Å². The van der Waals surface area contributed by atoms with Gasteiger partial charge in [-0.25, -0.2) is 8.42 Å². The number of anilines is 1. The molecule has 10 heteroatoms. The molecule has 4 saturated carbocycles. The maximum atomic E-state index is 13.9. The normalized spacial score (nSPS) is 25.2. The van der Waals surface area contributed by atoms with E-state index in [4.69, 9.17) is 23.2 Å². The number of nitrogens with zero attached hydrogens (tertiary/aromatic N) is 2. The number of carbonyl (C=O) groups is 2. The van der Waals surface area contributed by atoms with Gasteiger partial charge in [0.25, 0.3) is 0 Å². The van der Waals surface area contributed by atoms with Gasteiger partial charge in [-0.15, -0.1) is 0 Å². The van der Waals surface area contributed by atoms with E-state index < -0.39 is 28.5 Å². The van der Waals surface area contributed by atoms with Crippen molar-refractivity contribution in [2.75, 3.05) is 23.7 Å². The molecule has 42 heavy (non-hydrogen) atoms. The largest absolute Gasteiger partial charge is 0.354 e. The SMILES string of the molecule is CCCNC(=O)C(C)N(Cc1c(Cl)cccc1Cl)C(=O)CN(c1ccc(C23CC4CC(CC(C4)C2)C3)cc1)S(C)(=O)=O. The highest BCUT2D eigenvalue weighted by Gasteiger charge is 2.51. The fourth-order valence-electron chi connectivity index (χ4n) is 7.89. The maximum Gasteiger partial charge on any atom is 0.244 e. The first-order valence-electron chi connectivity index (χ1n) is 15.0. The lowest BCUT2D eigenvalue weighted by molar-refractivity contribution is -0.139. The summed E-state index contributed by atoms with van der Waals surface area (Å²) in [4.78, 5) is 28.2. The quantitative estimate of drug-likeness (QED) is 0.321. The minimum Gasteiger partial charge on any atom is -0.354 e. The topological polar surface area (TPSA) is 86.8 Å². The summed E-state index contributed by atoms with van der Waals surface area (Å²) >= 11 is 12.8. The molecule has 2 aromatic carbocycles. The third kappa shape index (κ3) is 6.46. The number of nitrogens with one attached hydrogen (secondary N) is 1. The zero-order chi connectivity index (χ0) is 30.2. The standard InChI is InChI=1S/C32H41Cl2N3O4S/c1-4-12-35-31(39)21(2)36(19-27-28(33)6-5-7-29(27)34)30(38)20-37(42(3,40)41)26-10-8-25(9-11-26)32-16-22-13-23(17-32)15-24(14-22)18-32/h5-11,21-24H,4,12-20H2,1-3H3,(H,35,39). The summed E-state index contributed by atoms with van der Waals surface area (Å²) in [5, 5.41) is 3.55. The van der Waals surface area contributed by atoms with Crippen molar-refractivity contribution in [2.24, 2.45) is 17.8 Å². The summed E-state index contributed by atoms with van der Waals surface area (Å²) in [5.41, 5.74) is 2.39. The highest BCUT2D eigenvalue weighted by Crippen LogP contribution is 2.60. The third-order valence-corrected chi connectivity index (χ3v) is 11.4. The van der Waals surface area contributed by atoms with Crippen LogP contribution in [0.5, 0.6) is 0 Å². The average Bonchev–Trinajstić information content (AvgIpc) is 2.93. The Morgan fingerprint density at radius 1 is 0.976 bits per heavy atom. The second kappa shape index (κ2) is 12.4. The third-order valence-electron chi connectivity index (χ3n) is 9.59. The number of benzene rings is 2. The first kappa shape index (κ1) is 31.1. The zero-order valence-electron chi connectivity index (χ0n) is 24.6. The molecule has 0 heterocycles. The van der Waals surface area contributed by atoms with Gasteiger partial charge in [-0.05, 0) is 105 Å². The van der Waals surface area contributed by atoms with E-state index in [0.29, 0.717) is 27.8 Å². The molecule has 7 nitrogen and oxygen atoms in total. The fraction of sp³-hybridized carbons (Fsp3) is 0.562. The van der Waals surface area contributed by atoms with Gasteiger partial charge in [0.15, 0.2) is 0 Å². The first-order chi connectivity index (χ1) is 19.9. The molecule has 0 saturated heterocycles. The first-order valence-corrected chi connectivity index (χ1v) is 17.6. The monoisotopic (exact) mass is 633 g/mol. The molecule has 4 aliphatic carbocycles. The number of sulfonamides is 1. The van der Waals surface area contributed by atoms with E-state index in [1.165, 1.54) is 49.0 Å². The Labute approximate surface area is 260 Å². The molecule has 4 fully saturated rings. The van der Waals surface area contributed by atoms with E-state index in [9.17, 15) is 18.0 Å². The van der Waals surface area contributed by atoms with E-state index in [1.807, 2.05) is 19.1 Å². The van der Waals surface area contributed by atoms with Crippen LogP contribution in [0.3, 0.4) is 0 Å². The second-order valence-electron chi connectivity index (χ2n) is 12.7. The van der Waals surface area contributed by atoms with Crippen LogP contribution in [0, 0.1) is 17.8 Å². The average molecular weight is 635 g/mol. The predicted molar refractivity (Wildman–Crippen MR) is 168 cm³/mol. The van der Waals surface area contributed by atoms with Gasteiger partial charge >= 0.3 is 0 Å². The van der Waals surface area contributed by atoms with E-state index in [1.54, 1.807) is 25.1 Å². The molecule has 0 spiro atoms. The number of carbonyl (C=O) groups excluding carboxylic acids is 2. The van der Waals surface area contributed by atoms with Crippen molar-refractivity contribution < 1.29 is 18.0 Å². The minimum atomic E-state index is -3.82. The number of hydrogen-bond acceptors (Lipinski definition) is 4. The van der Waals surface area contributed by atoms with E-state index in [0.717, 1.165) is 34.7 Å². The van der Waals surface area contributed by atoms with Crippen molar-refractivity contribution in [1.82, 2.24) is 10.2 Å². The summed E-state index contributed by atoms with van der Waals surface area (Å²) < 4.78 is 27.2. The van der Waals surface area contributed by atoms with Crippen LogP contribution in [0.2, 0.25) is 10.0 Å². The van der Waals surface area contributed by atoms with Crippen molar-refractivity contribution in [1.29, 1.82) is 0 Å². The molecule has 0 aliphatic heterocycles. The maximum absolute atomic E-state index is 13.9. The lowest BCUT2D eigenvalue weighted by Crippen LogP contribution is -2.51. The molecule has 2 amide bonds. The van der Waals surface area contributed by atoms with Crippen molar-refractivity contribution >= 4 is 50.7 Å². The molecule has 1 atom stereocenters. The number of rotatable bonds is 11. The van der Waals surface area contributed by atoms with Crippen LogP contribution in [0.4, 0.5) is 5.69 Å². The number of halogens is 2. The lowest BCUT2D eigenvalue weighted by Gasteiger charge is -2.57. The van der Waals surface area contributed by atoms with Gasteiger partial charge < -0.3 is 10.2 Å². The highest BCUT2D eigenvalue weighted by atomic mass is 35.5. The molecule has 4 bridgehead atoms. The van der Waals surface area contributed by atoms with E-state index in [2.05, 4.69) is 17.4 Å². The minimum absolute atomic E-state index is 0.0411. The predicted octanol–water partition coefficient (Wildman–Crippen LogP) is 6.17. The second-order valence-corrected chi connectivity index (χ2v) is 15.4. The van der Waals surface area contributed by atoms with Crippen molar-refractivity contribution in [3.05, 3.63) is 63.6 Å². The fourth-order valence-corrected chi connectivity index (χ4v) is 9.26. The summed E-state index contributed by atoms with van der Waals surface area (Å²) in [5.74, 6) is 1.54. The van der Waals surface area contributed by atoms with Gasteiger partial charge in [0, 0.05) is 28.7 Å². The van der Waals surface area contributed by atoms with Gasteiger partial charge in [0.1, 0.15) is 12.6 Å². The van der Waals surface area contributed by atoms with Crippen LogP contribution >= 0.6 is 23.2 Å². The van der Waals surface area contributed by atoms with E-state index >= 15 is 0 Å². The Kier molecular flexibility index (Phi) is 9.17. The van der Waals surface area contributed by atoms with Gasteiger partial charge in [-0.3, -0.25) is 13.9 Å². The molecular weight excluding hydrogens is 593 g/mol. The van der Waals surface area contributed by atoms with Crippen molar-refractivity contribution in [2.45, 2.75) is 76.8 Å². The van der Waals surface area contributed by atoms with Crippen LogP contribution in [0.15, 0.2) is 42.5 Å². The van der Waals surface area contributed by atoms with E-state index in [-0.39, 0.29) is 17.9 Å². The summed E-state index contributed by atoms with van der Waals surface area (Å²) in [6.07, 6.45) is 9.53. The van der Waals surface area contributed by atoms with Crippen molar-refractivity contribution in [3.63, 3.8) is 0 Å².